The first-order chi connectivity index (χ1) is 7.52. The highest BCUT2D eigenvalue weighted by Crippen LogP contribution is 2.36. The molecule has 1 heterocycles. The van der Waals surface area contributed by atoms with Gasteiger partial charge in [0.1, 0.15) is 0 Å². The van der Waals surface area contributed by atoms with Gasteiger partial charge in [0.05, 0.1) is 17.0 Å². The number of nitrogens with two attached hydrogens (primary N) is 1. The summed E-state index contributed by atoms with van der Waals surface area (Å²) < 4.78 is 24.6. The molecule has 6 nitrogen and oxygen atoms in total. The fourth-order valence-electron chi connectivity index (χ4n) is 1.99. The molecule has 1 fully saturated rings. The Hall–Kier alpha value is -0.950. The van der Waals surface area contributed by atoms with Crippen molar-refractivity contribution in [2.75, 3.05) is 12.8 Å². The lowest BCUT2D eigenvalue weighted by Crippen LogP contribution is -2.40. The van der Waals surface area contributed by atoms with Crippen LogP contribution < -0.4 is 5.73 Å². The molecule has 2 rings (SSSR count). The lowest BCUT2D eigenvalue weighted by Gasteiger charge is -2.34. The maximum Gasteiger partial charge on any atom is 0.152 e. The first kappa shape index (κ1) is 11.5. The molecule has 7 heteroatoms. The van der Waals surface area contributed by atoms with Crippen LogP contribution in [0.25, 0.3) is 0 Å². The van der Waals surface area contributed by atoms with Crippen LogP contribution in [0.4, 0.5) is 0 Å². The van der Waals surface area contributed by atoms with Crippen LogP contribution in [0, 0.1) is 0 Å². The number of hydrogen-bond acceptors (Lipinski definition) is 5. The van der Waals surface area contributed by atoms with Crippen LogP contribution >= 0.6 is 0 Å². The molecule has 0 saturated heterocycles. The van der Waals surface area contributed by atoms with Crippen molar-refractivity contribution in [3.63, 3.8) is 0 Å². The first-order valence-corrected chi connectivity index (χ1v) is 7.27. The van der Waals surface area contributed by atoms with E-state index in [1.807, 2.05) is 0 Å². The number of sulfone groups is 1. The third-order valence-corrected chi connectivity index (χ3v) is 4.67. The molecule has 0 bridgehead atoms. The Morgan fingerprint density at radius 3 is 2.81 bits per heavy atom. The summed E-state index contributed by atoms with van der Waals surface area (Å²) in [7, 11) is -2.98. The summed E-state index contributed by atoms with van der Waals surface area (Å²) in [6.45, 7) is 0.527. The predicted octanol–water partition coefficient (Wildman–Crippen LogP) is -0.473. The molecule has 90 valence electrons. The highest BCUT2D eigenvalue weighted by molar-refractivity contribution is 7.91. The molecule has 1 aliphatic rings. The van der Waals surface area contributed by atoms with Crippen molar-refractivity contribution in [2.24, 2.45) is 5.73 Å². The molecule has 1 saturated carbocycles. The van der Waals surface area contributed by atoms with Crippen LogP contribution in [0.5, 0.6) is 0 Å². The Balaban J connectivity index is 2.13. The third kappa shape index (κ3) is 2.10. The van der Waals surface area contributed by atoms with Gasteiger partial charge in [-0.15, -0.1) is 5.10 Å². The quantitative estimate of drug-likeness (QED) is 0.773. The van der Waals surface area contributed by atoms with Gasteiger partial charge in [0.2, 0.25) is 0 Å². The second-order valence-electron chi connectivity index (χ2n) is 4.24. The third-order valence-electron chi connectivity index (χ3n) is 3.02. The van der Waals surface area contributed by atoms with E-state index in [0.29, 0.717) is 13.0 Å². The molecule has 0 aromatic carbocycles. The molecule has 1 aromatic rings. The SMILES string of the molecule is CS(=O)(=O)C1CCC1n1cc(CCN)nn1. The van der Waals surface area contributed by atoms with E-state index in [-0.39, 0.29) is 11.3 Å². The van der Waals surface area contributed by atoms with Crippen molar-refractivity contribution in [1.29, 1.82) is 0 Å². The maximum absolute atomic E-state index is 11.4. The molecule has 0 aliphatic heterocycles. The van der Waals surface area contributed by atoms with E-state index in [4.69, 9.17) is 5.73 Å². The summed E-state index contributed by atoms with van der Waals surface area (Å²) in [6.07, 6.45) is 5.32. The molecule has 0 radical (unpaired) electrons. The van der Waals surface area contributed by atoms with Gasteiger partial charge in [0.25, 0.3) is 0 Å². The van der Waals surface area contributed by atoms with Gasteiger partial charge in [-0.3, -0.25) is 0 Å². The maximum atomic E-state index is 11.4. The summed E-state index contributed by atoms with van der Waals surface area (Å²) in [6, 6.07) is -0.0472. The Bertz CT molecular complexity index is 468. The minimum absolute atomic E-state index is 0.0472. The summed E-state index contributed by atoms with van der Waals surface area (Å²) in [5.74, 6) is 0. The minimum atomic E-state index is -2.98. The van der Waals surface area contributed by atoms with Gasteiger partial charge in [0.15, 0.2) is 9.84 Å². The Kier molecular flexibility index (Phi) is 2.98. The molecule has 0 amide bonds. The van der Waals surface area contributed by atoms with Crippen LogP contribution in [0.2, 0.25) is 0 Å². The number of rotatable bonds is 4. The monoisotopic (exact) mass is 244 g/mol. The zero-order valence-corrected chi connectivity index (χ0v) is 10.0. The van der Waals surface area contributed by atoms with Crippen molar-refractivity contribution in [1.82, 2.24) is 15.0 Å². The van der Waals surface area contributed by atoms with Gasteiger partial charge in [-0.1, -0.05) is 5.21 Å². The molecule has 1 aromatic heterocycles. The zero-order chi connectivity index (χ0) is 11.8. The van der Waals surface area contributed by atoms with Crippen LogP contribution in [0.1, 0.15) is 24.6 Å². The van der Waals surface area contributed by atoms with Gasteiger partial charge in [-0.05, 0) is 19.4 Å². The average Bonchev–Trinajstić information content (AvgIpc) is 2.48. The highest BCUT2D eigenvalue weighted by atomic mass is 32.2. The van der Waals surface area contributed by atoms with Crippen LogP contribution in [-0.2, 0) is 16.3 Å². The fraction of sp³-hybridized carbons (Fsp3) is 0.778. The molecular weight excluding hydrogens is 228 g/mol. The molecular formula is C9H16N4O2S. The van der Waals surface area contributed by atoms with E-state index >= 15 is 0 Å². The van der Waals surface area contributed by atoms with Crippen molar-refractivity contribution >= 4 is 9.84 Å². The molecule has 1 aliphatic carbocycles. The summed E-state index contributed by atoms with van der Waals surface area (Å²) in [4.78, 5) is 0. The van der Waals surface area contributed by atoms with E-state index in [1.54, 1.807) is 10.9 Å². The van der Waals surface area contributed by atoms with Crippen LogP contribution in [0.3, 0.4) is 0 Å². The lowest BCUT2D eigenvalue weighted by atomic mass is 9.92. The largest absolute Gasteiger partial charge is 0.330 e. The van der Waals surface area contributed by atoms with Gasteiger partial charge >= 0.3 is 0 Å². The Morgan fingerprint density at radius 2 is 2.31 bits per heavy atom. The van der Waals surface area contributed by atoms with E-state index in [0.717, 1.165) is 18.5 Å². The average molecular weight is 244 g/mol. The Labute approximate surface area is 94.7 Å². The number of hydrogen-bond donors (Lipinski definition) is 1. The molecule has 2 unspecified atom stereocenters. The lowest BCUT2D eigenvalue weighted by molar-refractivity contribution is 0.286. The van der Waals surface area contributed by atoms with Crippen molar-refractivity contribution in [3.05, 3.63) is 11.9 Å². The fourth-order valence-corrected chi connectivity index (χ4v) is 3.39. The van der Waals surface area contributed by atoms with Crippen molar-refractivity contribution < 1.29 is 8.42 Å². The summed E-state index contributed by atoms with van der Waals surface area (Å²) in [5, 5.41) is 7.63. The predicted molar refractivity (Wildman–Crippen MR) is 59.7 cm³/mol. The zero-order valence-electron chi connectivity index (χ0n) is 9.20. The molecule has 2 atom stereocenters. The minimum Gasteiger partial charge on any atom is -0.330 e. The standard InChI is InChI=1S/C9H16N4O2S/c1-16(14,15)9-3-2-8(9)13-6-7(4-5-10)11-12-13/h6,8-9H,2-5,10H2,1H3. The molecule has 0 spiro atoms. The number of nitrogens with zero attached hydrogens (tertiary/aromatic N) is 3. The second kappa shape index (κ2) is 4.14. The summed E-state index contributed by atoms with van der Waals surface area (Å²) >= 11 is 0. The topological polar surface area (TPSA) is 90.9 Å². The Morgan fingerprint density at radius 1 is 1.56 bits per heavy atom. The second-order valence-corrected chi connectivity index (χ2v) is 6.51. The van der Waals surface area contributed by atoms with Gasteiger partial charge in [-0.2, -0.15) is 0 Å². The molecule has 2 N–H and O–H groups in total. The van der Waals surface area contributed by atoms with E-state index in [1.165, 1.54) is 6.26 Å². The van der Waals surface area contributed by atoms with E-state index in [9.17, 15) is 8.42 Å². The number of aromatic nitrogens is 3. The van der Waals surface area contributed by atoms with E-state index in [2.05, 4.69) is 10.3 Å². The smallest absolute Gasteiger partial charge is 0.152 e. The van der Waals surface area contributed by atoms with Gasteiger partial charge < -0.3 is 5.73 Å². The van der Waals surface area contributed by atoms with Gasteiger partial charge in [-0.25, -0.2) is 13.1 Å². The summed E-state index contributed by atoms with van der Waals surface area (Å²) in [5.41, 5.74) is 6.24. The van der Waals surface area contributed by atoms with Crippen molar-refractivity contribution in [2.45, 2.75) is 30.6 Å². The van der Waals surface area contributed by atoms with E-state index < -0.39 is 9.84 Å². The van der Waals surface area contributed by atoms with Crippen LogP contribution in [0.15, 0.2) is 6.20 Å². The molecule has 16 heavy (non-hydrogen) atoms. The highest BCUT2D eigenvalue weighted by Gasteiger charge is 2.40. The first-order valence-electron chi connectivity index (χ1n) is 5.32. The van der Waals surface area contributed by atoms with Crippen molar-refractivity contribution in [3.8, 4) is 0 Å². The normalized spacial score (nSPS) is 25.4. The van der Waals surface area contributed by atoms with Gasteiger partial charge in [0, 0.05) is 18.9 Å². The van der Waals surface area contributed by atoms with Crippen LogP contribution in [-0.4, -0.2) is 41.5 Å².